The van der Waals surface area contributed by atoms with Crippen molar-refractivity contribution in [2.45, 2.75) is 76.0 Å². The van der Waals surface area contributed by atoms with Gasteiger partial charge in [-0.1, -0.05) is 88.8 Å². The molecule has 0 bridgehead atoms. The Bertz CT molecular complexity index is 844. The Morgan fingerprint density at radius 2 is 1.54 bits per heavy atom. The minimum absolute atomic E-state index is 0.185. The van der Waals surface area contributed by atoms with E-state index in [1.54, 1.807) is 0 Å². The Balaban J connectivity index is 2.19. The van der Waals surface area contributed by atoms with Gasteiger partial charge in [-0.25, -0.2) is 0 Å². The molecular formula is C23H32O4S. The van der Waals surface area contributed by atoms with E-state index in [0.29, 0.717) is 5.56 Å². The van der Waals surface area contributed by atoms with Gasteiger partial charge in [-0.3, -0.25) is 4.55 Å². The van der Waals surface area contributed by atoms with Gasteiger partial charge >= 0.3 is 0 Å². The molecule has 154 valence electrons. The largest absolute Gasteiger partial charge is 0.506 e. The fourth-order valence-corrected chi connectivity index (χ4v) is 4.23. The molecule has 2 aromatic carbocycles. The van der Waals surface area contributed by atoms with Crippen molar-refractivity contribution in [3.63, 3.8) is 0 Å². The molecule has 0 aliphatic heterocycles. The molecule has 28 heavy (non-hydrogen) atoms. The highest BCUT2D eigenvalue weighted by molar-refractivity contribution is 7.86. The summed E-state index contributed by atoms with van der Waals surface area (Å²) in [4.78, 5) is -0.397. The average Bonchev–Trinajstić information content (AvgIpc) is 2.67. The van der Waals surface area contributed by atoms with Crippen LogP contribution >= 0.6 is 0 Å². The standard InChI is InChI=1S/C23H32O4S/c1-3-4-5-6-7-8-10-13-19-16-21(18(2)20-14-11-9-12-15-20)23(24)22(17-19)28(25,26)27/h9,11-12,14-18,24H,3-8,10,13H2,1-2H3,(H,25,26,27). The van der Waals surface area contributed by atoms with E-state index in [2.05, 4.69) is 6.92 Å². The van der Waals surface area contributed by atoms with Gasteiger partial charge in [0.15, 0.2) is 0 Å². The molecule has 0 radical (unpaired) electrons. The van der Waals surface area contributed by atoms with Gasteiger partial charge in [-0.2, -0.15) is 8.42 Å². The smallest absolute Gasteiger partial charge is 0.298 e. The lowest BCUT2D eigenvalue weighted by atomic mass is 9.90. The van der Waals surface area contributed by atoms with Gasteiger partial charge in [0.25, 0.3) is 10.1 Å². The monoisotopic (exact) mass is 404 g/mol. The highest BCUT2D eigenvalue weighted by atomic mass is 32.2. The van der Waals surface area contributed by atoms with E-state index in [1.165, 1.54) is 38.2 Å². The van der Waals surface area contributed by atoms with Gasteiger partial charge in [-0.15, -0.1) is 0 Å². The summed E-state index contributed by atoms with van der Waals surface area (Å²) in [6.45, 7) is 4.13. The molecule has 1 unspecified atom stereocenters. The first-order valence-corrected chi connectivity index (χ1v) is 11.7. The zero-order chi connectivity index (χ0) is 20.6. The first-order valence-electron chi connectivity index (χ1n) is 10.2. The molecule has 0 heterocycles. The van der Waals surface area contributed by atoms with Gasteiger partial charge in [0.1, 0.15) is 10.6 Å². The number of phenols is 1. The molecule has 0 aliphatic carbocycles. The molecule has 0 saturated carbocycles. The van der Waals surface area contributed by atoms with Crippen LogP contribution in [0.5, 0.6) is 5.75 Å². The fraction of sp³-hybridized carbons (Fsp3) is 0.478. The highest BCUT2D eigenvalue weighted by Crippen LogP contribution is 2.37. The Labute approximate surface area is 169 Å². The van der Waals surface area contributed by atoms with Gasteiger partial charge in [-0.05, 0) is 30.0 Å². The van der Waals surface area contributed by atoms with Crippen molar-refractivity contribution in [1.29, 1.82) is 0 Å². The van der Waals surface area contributed by atoms with Crippen LogP contribution in [0, 0.1) is 0 Å². The van der Waals surface area contributed by atoms with Crippen molar-refractivity contribution in [2.75, 3.05) is 0 Å². The summed E-state index contributed by atoms with van der Waals surface area (Å²) in [6, 6.07) is 12.9. The first kappa shape index (κ1) is 22.4. The molecular weight excluding hydrogens is 372 g/mol. The molecule has 0 saturated heterocycles. The molecule has 2 N–H and O–H groups in total. The summed E-state index contributed by atoms with van der Waals surface area (Å²) >= 11 is 0. The Morgan fingerprint density at radius 1 is 0.929 bits per heavy atom. The summed E-state index contributed by atoms with van der Waals surface area (Å²) in [5.74, 6) is -0.544. The molecule has 0 aromatic heterocycles. The number of hydrogen-bond donors (Lipinski definition) is 2. The lowest BCUT2D eigenvalue weighted by Gasteiger charge is -2.17. The number of hydrogen-bond acceptors (Lipinski definition) is 3. The Morgan fingerprint density at radius 3 is 2.14 bits per heavy atom. The van der Waals surface area contributed by atoms with Crippen LogP contribution in [-0.2, 0) is 16.5 Å². The molecule has 0 aliphatic rings. The van der Waals surface area contributed by atoms with Crippen LogP contribution in [0.2, 0.25) is 0 Å². The van der Waals surface area contributed by atoms with Crippen LogP contribution < -0.4 is 0 Å². The molecule has 2 aromatic rings. The lowest BCUT2D eigenvalue weighted by Crippen LogP contribution is -2.05. The second kappa shape index (κ2) is 10.6. The van der Waals surface area contributed by atoms with Crippen LogP contribution in [-0.4, -0.2) is 18.1 Å². The van der Waals surface area contributed by atoms with Crippen molar-refractivity contribution in [3.8, 4) is 5.75 Å². The van der Waals surface area contributed by atoms with Crippen LogP contribution in [0.4, 0.5) is 0 Å². The van der Waals surface area contributed by atoms with E-state index in [9.17, 15) is 18.1 Å². The Kier molecular flexibility index (Phi) is 8.52. The maximum atomic E-state index is 11.8. The molecule has 0 amide bonds. The molecule has 0 fully saturated rings. The van der Waals surface area contributed by atoms with E-state index in [-0.39, 0.29) is 11.7 Å². The van der Waals surface area contributed by atoms with Crippen molar-refractivity contribution in [2.24, 2.45) is 0 Å². The summed E-state index contributed by atoms with van der Waals surface area (Å²) in [6.07, 6.45) is 8.96. The van der Waals surface area contributed by atoms with Gasteiger partial charge in [0, 0.05) is 11.5 Å². The number of unbranched alkanes of at least 4 members (excludes halogenated alkanes) is 6. The number of phenolic OH excluding ortho intramolecular Hbond substituents is 1. The third-order valence-electron chi connectivity index (χ3n) is 5.28. The summed E-state index contributed by atoms with van der Waals surface area (Å²) < 4.78 is 33.2. The average molecular weight is 405 g/mol. The van der Waals surface area contributed by atoms with Crippen LogP contribution in [0.15, 0.2) is 47.4 Å². The normalized spacial score (nSPS) is 12.8. The number of benzene rings is 2. The SMILES string of the molecule is CCCCCCCCCc1cc(C(C)c2ccccc2)c(O)c(S(=O)(=O)O)c1. The minimum Gasteiger partial charge on any atom is -0.506 e. The maximum absolute atomic E-state index is 11.8. The molecule has 4 nitrogen and oxygen atoms in total. The van der Waals surface area contributed by atoms with E-state index in [1.807, 2.05) is 43.3 Å². The minimum atomic E-state index is -4.49. The molecule has 0 spiro atoms. The second-order valence-electron chi connectivity index (χ2n) is 7.51. The van der Waals surface area contributed by atoms with Gasteiger partial charge in [0.05, 0.1) is 0 Å². The van der Waals surface area contributed by atoms with Crippen LogP contribution in [0.1, 0.15) is 81.4 Å². The lowest BCUT2D eigenvalue weighted by molar-refractivity contribution is 0.436. The van der Waals surface area contributed by atoms with E-state index >= 15 is 0 Å². The third-order valence-corrected chi connectivity index (χ3v) is 6.14. The third kappa shape index (κ3) is 6.35. The second-order valence-corrected chi connectivity index (χ2v) is 8.90. The molecule has 2 rings (SSSR count). The zero-order valence-electron chi connectivity index (χ0n) is 16.9. The Hall–Kier alpha value is -1.85. The van der Waals surface area contributed by atoms with Crippen LogP contribution in [0.3, 0.4) is 0 Å². The maximum Gasteiger partial charge on any atom is 0.298 e. The predicted octanol–water partition coefficient (Wildman–Crippen LogP) is 6.08. The van der Waals surface area contributed by atoms with E-state index < -0.39 is 15.0 Å². The van der Waals surface area contributed by atoms with Crippen molar-refractivity contribution < 1.29 is 18.1 Å². The van der Waals surface area contributed by atoms with E-state index in [0.717, 1.165) is 30.4 Å². The highest BCUT2D eigenvalue weighted by Gasteiger charge is 2.23. The van der Waals surface area contributed by atoms with Crippen molar-refractivity contribution in [3.05, 3.63) is 59.2 Å². The first-order chi connectivity index (χ1) is 13.3. The van der Waals surface area contributed by atoms with Gasteiger partial charge < -0.3 is 5.11 Å². The number of rotatable bonds is 11. The van der Waals surface area contributed by atoms with Crippen LogP contribution in [0.25, 0.3) is 0 Å². The summed E-state index contributed by atoms with van der Waals surface area (Å²) in [7, 11) is -4.49. The van der Waals surface area contributed by atoms with Gasteiger partial charge in [0.2, 0.25) is 0 Å². The summed E-state index contributed by atoms with van der Waals surface area (Å²) in [5, 5.41) is 10.5. The zero-order valence-corrected chi connectivity index (χ0v) is 17.7. The predicted molar refractivity (Wildman–Crippen MR) is 114 cm³/mol. The quantitative estimate of drug-likeness (QED) is 0.351. The van der Waals surface area contributed by atoms with Crippen molar-refractivity contribution in [1.82, 2.24) is 0 Å². The number of aryl methyl sites for hydroxylation is 1. The number of aromatic hydroxyl groups is 1. The molecule has 1 atom stereocenters. The van der Waals surface area contributed by atoms with E-state index in [4.69, 9.17) is 0 Å². The topological polar surface area (TPSA) is 74.6 Å². The fourth-order valence-electron chi connectivity index (χ4n) is 3.57. The summed E-state index contributed by atoms with van der Waals surface area (Å²) in [5.41, 5.74) is 2.34. The molecule has 5 heteroatoms. The van der Waals surface area contributed by atoms with Crippen molar-refractivity contribution >= 4 is 10.1 Å².